The van der Waals surface area contributed by atoms with E-state index in [1.165, 1.54) is 19.9 Å². The van der Waals surface area contributed by atoms with E-state index >= 15 is 0 Å². The summed E-state index contributed by atoms with van der Waals surface area (Å²) >= 11 is 0. The second kappa shape index (κ2) is 10.2. The van der Waals surface area contributed by atoms with Gasteiger partial charge in [0.2, 0.25) is 5.50 Å². The number of carbonyl (C=O) groups is 2. The maximum atomic E-state index is 13.2. The predicted octanol–water partition coefficient (Wildman–Crippen LogP) is 2.56. The molecule has 2 aliphatic rings. The fourth-order valence-corrected chi connectivity index (χ4v) is 4.73. The number of nitrogens with zero attached hydrogens (tertiary/aromatic N) is 1. The SMILES string of the molecule is CCOP(=O)(OCC)C1=CC2OC(C)=NC2C(C(CCOC(C)=O)OC(C)=O)O1. The van der Waals surface area contributed by atoms with Crippen LogP contribution in [-0.4, -0.2) is 62.0 Å². The number of carbonyl (C=O) groups excluding carboxylic acids is 2. The highest BCUT2D eigenvalue weighted by molar-refractivity contribution is 7.58. The van der Waals surface area contributed by atoms with Crippen LogP contribution in [0.25, 0.3) is 0 Å². The van der Waals surface area contributed by atoms with Gasteiger partial charge in [0.25, 0.3) is 0 Å². The van der Waals surface area contributed by atoms with Crippen LogP contribution in [0.2, 0.25) is 0 Å². The molecule has 2 aliphatic heterocycles. The summed E-state index contributed by atoms with van der Waals surface area (Å²) in [6, 6.07) is -0.530. The summed E-state index contributed by atoms with van der Waals surface area (Å²) in [7, 11) is -3.73. The van der Waals surface area contributed by atoms with Gasteiger partial charge in [0.1, 0.15) is 18.2 Å². The van der Waals surface area contributed by atoms with E-state index in [-0.39, 0.29) is 31.7 Å². The van der Waals surface area contributed by atoms with Gasteiger partial charge < -0.3 is 28.0 Å². The van der Waals surface area contributed by atoms with Crippen molar-refractivity contribution in [2.45, 2.75) is 65.4 Å². The van der Waals surface area contributed by atoms with E-state index in [1.54, 1.807) is 20.8 Å². The lowest BCUT2D eigenvalue weighted by molar-refractivity contribution is -0.157. The molecule has 0 radical (unpaired) electrons. The number of fused-ring (bicyclic) bond motifs is 1. The summed E-state index contributed by atoms with van der Waals surface area (Å²) in [6.07, 6.45) is -0.527. The lowest BCUT2D eigenvalue weighted by Crippen LogP contribution is -2.48. The molecular formula is C18H28NO9P. The van der Waals surface area contributed by atoms with Crippen LogP contribution in [0, 0.1) is 0 Å². The third kappa shape index (κ3) is 6.04. The molecule has 0 bridgehead atoms. The molecule has 4 unspecified atom stereocenters. The maximum absolute atomic E-state index is 13.2. The van der Waals surface area contributed by atoms with Gasteiger partial charge in [-0.25, -0.2) is 4.99 Å². The highest BCUT2D eigenvalue weighted by atomic mass is 31.2. The molecule has 2 heterocycles. The monoisotopic (exact) mass is 433 g/mol. The molecule has 0 aromatic carbocycles. The molecule has 0 aromatic rings. The zero-order valence-corrected chi connectivity index (χ0v) is 18.2. The topological polar surface area (TPSA) is 119 Å². The zero-order valence-electron chi connectivity index (χ0n) is 17.3. The summed E-state index contributed by atoms with van der Waals surface area (Å²) in [5.74, 6) is -0.563. The minimum atomic E-state index is -3.73. The fraction of sp³-hybridized carbons (Fsp3) is 0.722. The van der Waals surface area contributed by atoms with Crippen molar-refractivity contribution in [2.75, 3.05) is 19.8 Å². The standard InChI is InChI=1S/C18H28NO9P/c1-6-24-29(22,25-7-2)16-10-15-17(19-11(3)26-15)18(28-16)14(27-13(5)21)8-9-23-12(4)20/h10,14-15,17-18H,6-9H2,1-5H3. The van der Waals surface area contributed by atoms with Gasteiger partial charge in [-0.2, -0.15) is 0 Å². The van der Waals surface area contributed by atoms with Crippen LogP contribution >= 0.6 is 7.60 Å². The molecule has 0 saturated heterocycles. The average molecular weight is 433 g/mol. The summed E-state index contributed by atoms with van der Waals surface area (Å²) in [6.45, 7) is 7.92. The second-order valence-corrected chi connectivity index (χ2v) is 8.37. The van der Waals surface area contributed by atoms with Crippen LogP contribution in [-0.2, 0) is 42.1 Å². The Hall–Kier alpha value is -1.90. The number of ether oxygens (including phenoxy) is 4. The van der Waals surface area contributed by atoms with Crippen molar-refractivity contribution in [3.05, 3.63) is 11.6 Å². The molecule has 0 N–H and O–H groups in total. The van der Waals surface area contributed by atoms with Crippen molar-refractivity contribution in [3.63, 3.8) is 0 Å². The quantitative estimate of drug-likeness (QED) is 0.378. The fourth-order valence-electron chi connectivity index (χ4n) is 3.14. The van der Waals surface area contributed by atoms with Crippen molar-refractivity contribution in [1.29, 1.82) is 0 Å². The third-order valence-corrected chi connectivity index (χ3v) is 6.12. The lowest BCUT2D eigenvalue weighted by Gasteiger charge is -2.36. The van der Waals surface area contributed by atoms with Crippen molar-refractivity contribution in [2.24, 2.45) is 4.99 Å². The number of hydrogen-bond acceptors (Lipinski definition) is 10. The van der Waals surface area contributed by atoms with Crippen molar-refractivity contribution >= 4 is 25.4 Å². The minimum Gasteiger partial charge on any atom is -0.476 e. The van der Waals surface area contributed by atoms with Gasteiger partial charge in [-0.05, 0) is 13.8 Å². The van der Waals surface area contributed by atoms with E-state index in [0.29, 0.717) is 5.90 Å². The normalized spacial score (nSPS) is 24.4. The van der Waals surface area contributed by atoms with E-state index in [1.807, 2.05) is 0 Å². The Bertz CT molecular complexity index is 710. The molecule has 0 saturated carbocycles. The van der Waals surface area contributed by atoms with Crippen LogP contribution in [0.5, 0.6) is 0 Å². The summed E-state index contributed by atoms with van der Waals surface area (Å²) in [5.41, 5.74) is -0.0120. The Labute approximate surface area is 170 Å². The third-order valence-electron chi connectivity index (χ3n) is 4.13. The van der Waals surface area contributed by atoms with Crippen LogP contribution in [0.15, 0.2) is 16.6 Å². The van der Waals surface area contributed by atoms with Gasteiger partial charge in [-0.15, -0.1) is 0 Å². The Morgan fingerprint density at radius 3 is 2.38 bits per heavy atom. The van der Waals surface area contributed by atoms with Gasteiger partial charge in [-0.1, -0.05) is 0 Å². The molecular weight excluding hydrogens is 405 g/mol. The molecule has 29 heavy (non-hydrogen) atoms. The molecule has 11 heteroatoms. The average Bonchev–Trinajstić information content (AvgIpc) is 3.00. The molecule has 0 aliphatic carbocycles. The molecule has 164 valence electrons. The van der Waals surface area contributed by atoms with Crippen molar-refractivity contribution < 1.29 is 42.1 Å². The van der Waals surface area contributed by atoms with Crippen molar-refractivity contribution in [1.82, 2.24) is 0 Å². The van der Waals surface area contributed by atoms with Gasteiger partial charge >= 0.3 is 19.5 Å². The summed E-state index contributed by atoms with van der Waals surface area (Å²) < 4.78 is 46.1. The van der Waals surface area contributed by atoms with E-state index < -0.39 is 43.9 Å². The van der Waals surface area contributed by atoms with Gasteiger partial charge in [0, 0.05) is 33.3 Å². The zero-order chi connectivity index (χ0) is 21.6. The molecule has 2 rings (SSSR count). The molecule has 0 spiro atoms. The number of aliphatic imine (C=N–C) groups is 1. The first-order valence-corrected chi connectivity index (χ1v) is 11.0. The Kier molecular flexibility index (Phi) is 8.24. The van der Waals surface area contributed by atoms with Gasteiger partial charge in [0.15, 0.2) is 12.0 Å². The second-order valence-electron chi connectivity index (χ2n) is 6.42. The maximum Gasteiger partial charge on any atom is 0.395 e. The first-order valence-electron chi connectivity index (χ1n) is 9.50. The largest absolute Gasteiger partial charge is 0.476 e. The van der Waals surface area contributed by atoms with E-state index in [4.69, 9.17) is 28.0 Å². The van der Waals surface area contributed by atoms with Crippen LogP contribution < -0.4 is 0 Å². The molecule has 4 atom stereocenters. The van der Waals surface area contributed by atoms with E-state index in [9.17, 15) is 14.2 Å². The van der Waals surface area contributed by atoms with E-state index in [0.717, 1.165) is 0 Å². The smallest absolute Gasteiger partial charge is 0.395 e. The van der Waals surface area contributed by atoms with Gasteiger partial charge in [-0.3, -0.25) is 14.2 Å². The number of hydrogen-bond donors (Lipinski definition) is 0. The van der Waals surface area contributed by atoms with E-state index in [2.05, 4.69) is 4.99 Å². The Balaban J connectivity index is 2.34. The highest BCUT2D eigenvalue weighted by Crippen LogP contribution is 2.58. The summed E-state index contributed by atoms with van der Waals surface area (Å²) in [4.78, 5) is 27.2. The van der Waals surface area contributed by atoms with Crippen LogP contribution in [0.4, 0.5) is 0 Å². The van der Waals surface area contributed by atoms with Crippen LogP contribution in [0.3, 0.4) is 0 Å². The molecule has 0 fully saturated rings. The Morgan fingerprint density at radius 2 is 1.83 bits per heavy atom. The molecule has 0 amide bonds. The number of rotatable bonds is 10. The first kappa shape index (κ1) is 23.4. The number of esters is 2. The van der Waals surface area contributed by atoms with Crippen molar-refractivity contribution in [3.8, 4) is 0 Å². The minimum absolute atomic E-state index is 0.0120. The molecule has 0 aromatic heterocycles. The highest BCUT2D eigenvalue weighted by Gasteiger charge is 2.49. The van der Waals surface area contributed by atoms with Crippen LogP contribution in [0.1, 0.15) is 41.0 Å². The summed E-state index contributed by atoms with van der Waals surface area (Å²) in [5, 5.41) is 0. The Morgan fingerprint density at radius 1 is 1.17 bits per heavy atom. The molecule has 10 nitrogen and oxygen atoms in total. The predicted molar refractivity (Wildman–Crippen MR) is 102 cm³/mol. The lowest BCUT2D eigenvalue weighted by atomic mass is 9.97. The van der Waals surface area contributed by atoms with Gasteiger partial charge in [0.05, 0.1) is 19.8 Å². The first-order chi connectivity index (χ1) is 13.7.